The van der Waals surface area contributed by atoms with Crippen LogP contribution in [0.5, 0.6) is 0 Å². The molecule has 0 saturated carbocycles. The number of nitrogens with two attached hydrogens (primary N) is 1. The van der Waals surface area contributed by atoms with E-state index in [1.165, 1.54) is 11.1 Å². The lowest BCUT2D eigenvalue weighted by Crippen LogP contribution is -2.04. The molecule has 1 unspecified atom stereocenters. The second kappa shape index (κ2) is 3.81. The molecule has 0 fully saturated rings. The fourth-order valence-corrected chi connectivity index (χ4v) is 3.11. The van der Waals surface area contributed by atoms with Gasteiger partial charge < -0.3 is 5.73 Å². The zero-order valence-corrected chi connectivity index (χ0v) is 9.78. The SMILES string of the molecule is Cc1cscc1-c1nc(C(C)N)cs1. The Bertz CT molecular complexity index is 429. The Morgan fingerprint density at radius 2 is 2.14 bits per heavy atom. The molecular formula is C10H12N2S2. The average Bonchev–Trinajstić information content (AvgIpc) is 2.71. The highest BCUT2D eigenvalue weighted by Gasteiger charge is 2.09. The van der Waals surface area contributed by atoms with E-state index in [1.54, 1.807) is 22.7 Å². The maximum Gasteiger partial charge on any atom is 0.124 e. The van der Waals surface area contributed by atoms with Gasteiger partial charge >= 0.3 is 0 Å². The molecule has 0 aliphatic heterocycles. The van der Waals surface area contributed by atoms with Crippen molar-refractivity contribution in [3.05, 3.63) is 27.4 Å². The van der Waals surface area contributed by atoms with Gasteiger partial charge in [-0.3, -0.25) is 0 Å². The predicted molar refractivity (Wildman–Crippen MR) is 62.8 cm³/mol. The van der Waals surface area contributed by atoms with Crippen molar-refractivity contribution in [2.24, 2.45) is 5.73 Å². The predicted octanol–water partition coefficient (Wildman–Crippen LogP) is 3.20. The highest BCUT2D eigenvalue weighted by Crippen LogP contribution is 2.30. The first-order chi connectivity index (χ1) is 6.68. The molecule has 2 N–H and O–H groups in total. The lowest BCUT2D eigenvalue weighted by Gasteiger charge is -1.97. The Morgan fingerprint density at radius 3 is 2.64 bits per heavy atom. The van der Waals surface area contributed by atoms with Gasteiger partial charge in [0.2, 0.25) is 0 Å². The number of aryl methyl sites for hydroxylation is 1. The van der Waals surface area contributed by atoms with E-state index in [9.17, 15) is 0 Å². The van der Waals surface area contributed by atoms with Crippen molar-refractivity contribution in [3.8, 4) is 10.6 Å². The molecule has 14 heavy (non-hydrogen) atoms. The third-order valence-corrected chi connectivity index (χ3v) is 3.83. The van der Waals surface area contributed by atoms with E-state index in [0.29, 0.717) is 0 Å². The third kappa shape index (κ3) is 1.73. The zero-order valence-electron chi connectivity index (χ0n) is 8.15. The molecule has 0 spiro atoms. The van der Waals surface area contributed by atoms with Crippen LogP contribution in [-0.2, 0) is 0 Å². The van der Waals surface area contributed by atoms with Gasteiger partial charge in [-0.2, -0.15) is 11.3 Å². The van der Waals surface area contributed by atoms with Gasteiger partial charge in [-0.1, -0.05) is 0 Å². The molecule has 0 amide bonds. The summed E-state index contributed by atoms with van der Waals surface area (Å²) in [5, 5.41) is 7.40. The summed E-state index contributed by atoms with van der Waals surface area (Å²) in [6.07, 6.45) is 0. The topological polar surface area (TPSA) is 38.9 Å². The van der Waals surface area contributed by atoms with E-state index >= 15 is 0 Å². The summed E-state index contributed by atoms with van der Waals surface area (Å²) in [4.78, 5) is 4.51. The number of nitrogens with zero attached hydrogens (tertiary/aromatic N) is 1. The minimum absolute atomic E-state index is 0.0268. The van der Waals surface area contributed by atoms with Crippen molar-refractivity contribution in [2.45, 2.75) is 19.9 Å². The Balaban J connectivity index is 2.39. The monoisotopic (exact) mass is 224 g/mol. The third-order valence-electron chi connectivity index (χ3n) is 2.07. The lowest BCUT2D eigenvalue weighted by molar-refractivity contribution is 0.790. The summed E-state index contributed by atoms with van der Waals surface area (Å²) in [5.74, 6) is 0. The van der Waals surface area contributed by atoms with Crippen LogP contribution in [0.4, 0.5) is 0 Å². The first-order valence-corrected chi connectivity index (χ1v) is 6.25. The van der Waals surface area contributed by atoms with Crippen molar-refractivity contribution in [1.29, 1.82) is 0 Å². The van der Waals surface area contributed by atoms with Gasteiger partial charge in [-0.15, -0.1) is 11.3 Å². The number of rotatable bonds is 2. The molecule has 2 heterocycles. The van der Waals surface area contributed by atoms with Gasteiger partial charge in [0.1, 0.15) is 5.01 Å². The number of hydrogen-bond donors (Lipinski definition) is 1. The molecule has 1 atom stereocenters. The van der Waals surface area contributed by atoms with Crippen LogP contribution in [-0.4, -0.2) is 4.98 Å². The quantitative estimate of drug-likeness (QED) is 0.850. The molecule has 2 nitrogen and oxygen atoms in total. The molecular weight excluding hydrogens is 212 g/mol. The van der Waals surface area contributed by atoms with Crippen LogP contribution in [0, 0.1) is 6.92 Å². The van der Waals surface area contributed by atoms with Crippen molar-refractivity contribution in [1.82, 2.24) is 4.98 Å². The normalized spacial score (nSPS) is 13.1. The average molecular weight is 224 g/mol. The van der Waals surface area contributed by atoms with Crippen LogP contribution in [0.25, 0.3) is 10.6 Å². The second-order valence-corrected chi connectivity index (χ2v) is 4.94. The highest BCUT2D eigenvalue weighted by atomic mass is 32.1. The number of thiazole rings is 1. The van der Waals surface area contributed by atoms with Crippen molar-refractivity contribution in [3.63, 3.8) is 0 Å². The molecule has 0 aliphatic carbocycles. The lowest BCUT2D eigenvalue weighted by atomic mass is 10.2. The van der Waals surface area contributed by atoms with E-state index in [-0.39, 0.29) is 6.04 Å². The molecule has 2 rings (SSSR count). The summed E-state index contributed by atoms with van der Waals surface area (Å²) in [6, 6.07) is 0.0268. The Labute approximate surface area is 91.4 Å². The number of hydrogen-bond acceptors (Lipinski definition) is 4. The molecule has 74 valence electrons. The van der Waals surface area contributed by atoms with Gasteiger partial charge in [0.05, 0.1) is 5.69 Å². The summed E-state index contributed by atoms with van der Waals surface area (Å²) in [5.41, 5.74) is 9.28. The van der Waals surface area contributed by atoms with E-state index in [0.717, 1.165) is 10.7 Å². The number of aromatic nitrogens is 1. The summed E-state index contributed by atoms with van der Waals surface area (Å²) < 4.78 is 0. The molecule has 0 radical (unpaired) electrons. The smallest absolute Gasteiger partial charge is 0.124 e. The van der Waals surface area contributed by atoms with E-state index in [1.807, 2.05) is 12.3 Å². The fraction of sp³-hybridized carbons (Fsp3) is 0.300. The van der Waals surface area contributed by atoms with Gasteiger partial charge in [-0.05, 0) is 24.8 Å². The van der Waals surface area contributed by atoms with Gasteiger partial charge in [-0.25, -0.2) is 4.98 Å². The molecule has 0 aliphatic rings. The summed E-state index contributed by atoms with van der Waals surface area (Å²) in [7, 11) is 0. The minimum atomic E-state index is 0.0268. The van der Waals surface area contributed by atoms with Crippen LogP contribution >= 0.6 is 22.7 Å². The highest BCUT2D eigenvalue weighted by molar-refractivity contribution is 7.14. The molecule has 2 aromatic rings. The molecule has 0 bridgehead atoms. The molecule has 4 heteroatoms. The van der Waals surface area contributed by atoms with Crippen LogP contribution in [0.2, 0.25) is 0 Å². The van der Waals surface area contributed by atoms with Crippen LogP contribution < -0.4 is 5.73 Å². The number of thiophene rings is 1. The molecule has 0 saturated heterocycles. The maximum absolute atomic E-state index is 5.77. The van der Waals surface area contributed by atoms with Gasteiger partial charge in [0.25, 0.3) is 0 Å². The Hall–Kier alpha value is -0.710. The van der Waals surface area contributed by atoms with Crippen molar-refractivity contribution >= 4 is 22.7 Å². The van der Waals surface area contributed by atoms with Crippen molar-refractivity contribution in [2.75, 3.05) is 0 Å². The van der Waals surface area contributed by atoms with Gasteiger partial charge in [0, 0.05) is 22.4 Å². The standard InChI is InChI=1S/C10H12N2S2/c1-6-3-13-4-8(6)10-12-9(5-14-10)7(2)11/h3-5,7H,11H2,1-2H3. The largest absolute Gasteiger partial charge is 0.323 e. The van der Waals surface area contributed by atoms with E-state index in [4.69, 9.17) is 5.73 Å². The van der Waals surface area contributed by atoms with Crippen LogP contribution in [0.3, 0.4) is 0 Å². The Morgan fingerprint density at radius 1 is 1.36 bits per heavy atom. The molecule has 2 aromatic heterocycles. The summed E-state index contributed by atoms with van der Waals surface area (Å²) in [6.45, 7) is 4.07. The minimum Gasteiger partial charge on any atom is -0.323 e. The van der Waals surface area contributed by atoms with E-state index < -0.39 is 0 Å². The first kappa shape index (κ1) is 9.83. The maximum atomic E-state index is 5.77. The first-order valence-electron chi connectivity index (χ1n) is 4.42. The van der Waals surface area contributed by atoms with Gasteiger partial charge in [0.15, 0.2) is 0 Å². The van der Waals surface area contributed by atoms with Crippen LogP contribution in [0.15, 0.2) is 16.1 Å². The second-order valence-electron chi connectivity index (χ2n) is 3.33. The zero-order chi connectivity index (χ0) is 10.1. The summed E-state index contributed by atoms with van der Waals surface area (Å²) >= 11 is 3.38. The molecule has 0 aromatic carbocycles. The fourth-order valence-electron chi connectivity index (χ4n) is 1.20. The van der Waals surface area contributed by atoms with Crippen LogP contribution in [0.1, 0.15) is 24.2 Å². The van der Waals surface area contributed by atoms with Crippen molar-refractivity contribution < 1.29 is 0 Å². The van der Waals surface area contributed by atoms with E-state index in [2.05, 4.69) is 22.7 Å². The Kier molecular flexibility index (Phi) is 2.67.